The number of guanidine groups is 1. The molecule has 0 aliphatic heterocycles. The van der Waals surface area contributed by atoms with E-state index in [4.69, 9.17) is 4.74 Å². The molecule has 0 spiro atoms. The van der Waals surface area contributed by atoms with E-state index in [0.29, 0.717) is 31.2 Å². The van der Waals surface area contributed by atoms with Crippen LogP contribution in [-0.4, -0.2) is 42.8 Å². The highest BCUT2D eigenvalue weighted by atomic mass is 127. The van der Waals surface area contributed by atoms with Crippen LogP contribution < -0.4 is 15.4 Å². The van der Waals surface area contributed by atoms with Crippen LogP contribution in [0.25, 0.3) is 10.9 Å². The number of H-pyrrole nitrogens is 1. The summed E-state index contributed by atoms with van der Waals surface area (Å²) in [6, 6.07) is 10.2. The highest BCUT2D eigenvalue weighted by Crippen LogP contribution is 2.29. The van der Waals surface area contributed by atoms with Gasteiger partial charge in [0.25, 0.3) is 0 Å². The Bertz CT molecular complexity index is 990. The lowest BCUT2D eigenvalue weighted by Gasteiger charge is -2.12. The minimum absolute atomic E-state index is 0. The summed E-state index contributed by atoms with van der Waals surface area (Å²) in [5.74, 6) is 1.10. The molecule has 1 aromatic heterocycles. The average Bonchev–Trinajstić information content (AvgIpc) is 3.11. The molecule has 0 aliphatic rings. The first-order valence-corrected chi connectivity index (χ1v) is 9.75. The molecule has 4 N–H and O–H groups in total. The van der Waals surface area contributed by atoms with Gasteiger partial charge in [-0.1, -0.05) is 12.1 Å². The molecule has 0 atom stereocenters. The van der Waals surface area contributed by atoms with Gasteiger partial charge in [0, 0.05) is 36.7 Å². The molecule has 2 aromatic carbocycles. The zero-order chi connectivity index (χ0) is 20.6. The molecule has 0 saturated heterocycles. The van der Waals surface area contributed by atoms with E-state index in [1.54, 1.807) is 18.2 Å². The summed E-state index contributed by atoms with van der Waals surface area (Å²) in [5.41, 5.74) is 2.79. The van der Waals surface area contributed by atoms with Crippen LogP contribution in [0.15, 0.2) is 47.6 Å². The zero-order valence-corrected chi connectivity index (χ0v) is 19.5. The number of halogens is 2. The van der Waals surface area contributed by atoms with Crippen molar-refractivity contribution in [3.63, 3.8) is 0 Å². The van der Waals surface area contributed by atoms with E-state index < -0.39 is 0 Å². The molecule has 8 heteroatoms. The van der Waals surface area contributed by atoms with Gasteiger partial charge in [-0.05, 0) is 55.2 Å². The van der Waals surface area contributed by atoms with E-state index >= 15 is 0 Å². The number of benzene rings is 2. The van der Waals surface area contributed by atoms with Crippen LogP contribution >= 0.6 is 24.0 Å². The monoisotopic (exact) mass is 526 g/mol. The van der Waals surface area contributed by atoms with Crippen molar-refractivity contribution >= 4 is 40.8 Å². The molecule has 0 fully saturated rings. The normalized spacial score (nSPS) is 11.2. The topological polar surface area (TPSA) is 81.7 Å². The smallest absolute Gasteiger partial charge is 0.191 e. The lowest BCUT2D eigenvalue weighted by atomic mass is 10.1. The van der Waals surface area contributed by atoms with E-state index in [1.807, 2.05) is 25.3 Å². The number of aromatic amines is 1. The number of aliphatic imine (C=N–C) groups is 1. The molecule has 0 amide bonds. The molecule has 162 valence electrons. The number of phenolic OH excluding ortho intramolecular Hbond substituents is 1. The third kappa shape index (κ3) is 6.01. The van der Waals surface area contributed by atoms with Gasteiger partial charge >= 0.3 is 0 Å². The van der Waals surface area contributed by atoms with Crippen molar-refractivity contribution in [2.45, 2.75) is 19.8 Å². The molecule has 0 aliphatic carbocycles. The van der Waals surface area contributed by atoms with Gasteiger partial charge in [-0.3, -0.25) is 4.99 Å². The minimum Gasteiger partial charge on any atom is -0.504 e. The molecular weight excluding hydrogens is 498 g/mol. The Kier molecular flexibility index (Phi) is 9.22. The zero-order valence-electron chi connectivity index (χ0n) is 17.2. The van der Waals surface area contributed by atoms with Crippen molar-refractivity contribution in [2.24, 2.45) is 4.99 Å². The number of hydrogen-bond acceptors (Lipinski definition) is 3. The van der Waals surface area contributed by atoms with Crippen LogP contribution in [0.4, 0.5) is 4.39 Å². The Hall–Kier alpha value is -2.49. The summed E-state index contributed by atoms with van der Waals surface area (Å²) in [6.07, 6.45) is 3.26. The molecule has 1 heterocycles. The number of nitrogens with one attached hydrogen (secondary N) is 3. The van der Waals surface area contributed by atoms with Crippen molar-refractivity contribution in [1.82, 2.24) is 15.6 Å². The lowest BCUT2D eigenvalue weighted by Crippen LogP contribution is -2.38. The summed E-state index contributed by atoms with van der Waals surface area (Å²) < 4.78 is 18.7. The largest absolute Gasteiger partial charge is 0.504 e. The molecule has 3 aromatic rings. The molecule has 0 bridgehead atoms. The van der Waals surface area contributed by atoms with Crippen LogP contribution in [0.2, 0.25) is 0 Å². The van der Waals surface area contributed by atoms with Crippen molar-refractivity contribution in [1.29, 1.82) is 0 Å². The van der Waals surface area contributed by atoms with Gasteiger partial charge in [-0.25, -0.2) is 4.39 Å². The fourth-order valence-electron chi connectivity index (χ4n) is 3.24. The molecule has 6 nitrogen and oxygen atoms in total. The molecule has 0 radical (unpaired) electrons. The maximum Gasteiger partial charge on any atom is 0.191 e. The number of methoxy groups -OCH3 is 1. The number of phenols is 1. The van der Waals surface area contributed by atoms with Crippen LogP contribution in [0.1, 0.15) is 18.1 Å². The number of para-hydroxylation sites is 1. The van der Waals surface area contributed by atoms with Gasteiger partial charge in [-0.15, -0.1) is 24.0 Å². The second-order valence-electron chi connectivity index (χ2n) is 6.66. The predicted molar refractivity (Wildman–Crippen MR) is 130 cm³/mol. The van der Waals surface area contributed by atoms with Crippen LogP contribution in [0.3, 0.4) is 0 Å². The number of hydrogen-bond donors (Lipinski definition) is 4. The summed E-state index contributed by atoms with van der Waals surface area (Å²) >= 11 is 0. The summed E-state index contributed by atoms with van der Waals surface area (Å²) in [4.78, 5) is 7.75. The van der Waals surface area contributed by atoms with Crippen molar-refractivity contribution < 1.29 is 14.2 Å². The maximum absolute atomic E-state index is 13.5. The third-order valence-electron chi connectivity index (χ3n) is 4.71. The Morgan fingerprint density at radius 2 is 2.00 bits per heavy atom. The first kappa shape index (κ1) is 23.8. The predicted octanol–water partition coefficient (Wildman–Crippen LogP) is 3.98. The van der Waals surface area contributed by atoms with Crippen LogP contribution in [-0.2, 0) is 12.8 Å². The number of ether oxygens (including phenoxy) is 1. The average molecular weight is 526 g/mol. The van der Waals surface area contributed by atoms with E-state index in [-0.39, 0.29) is 35.5 Å². The quantitative estimate of drug-likeness (QED) is 0.204. The van der Waals surface area contributed by atoms with Crippen molar-refractivity contribution in [3.05, 3.63) is 59.5 Å². The van der Waals surface area contributed by atoms with E-state index in [2.05, 4.69) is 20.6 Å². The Morgan fingerprint density at radius 1 is 1.17 bits per heavy atom. The van der Waals surface area contributed by atoms with Crippen LogP contribution in [0.5, 0.6) is 11.5 Å². The number of aromatic hydroxyl groups is 1. The molecular formula is C22H28FIN4O2. The van der Waals surface area contributed by atoms with Gasteiger partial charge in [0.15, 0.2) is 17.5 Å². The second kappa shape index (κ2) is 11.6. The summed E-state index contributed by atoms with van der Waals surface area (Å²) in [5, 5.41) is 17.6. The summed E-state index contributed by atoms with van der Waals surface area (Å²) in [7, 11) is 1.53. The number of rotatable bonds is 8. The fraction of sp³-hybridized carbons (Fsp3) is 0.318. The standard InChI is InChI=1S/C22H27FN4O2.HI/c1-3-24-22(25-11-9-15-5-4-6-20(29-2)21(15)28)26-12-10-16-14-27-19-8-7-17(23)13-18(16)19;/h4-8,13-14,27-28H,3,9-12H2,1-2H3,(H2,24,25,26);1H. The maximum atomic E-state index is 13.5. The molecule has 0 unspecified atom stereocenters. The van der Waals surface area contributed by atoms with Gasteiger partial charge in [-0.2, -0.15) is 0 Å². The first-order valence-electron chi connectivity index (χ1n) is 9.75. The number of aromatic nitrogens is 1. The number of fused-ring (bicyclic) bond motifs is 1. The Morgan fingerprint density at radius 3 is 2.77 bits per heavy atom. The van der Waals surface area contributed by atoms with Gasteiger partial charge in [0.1, 0.15) is 5.82 Å². The first-order chi connectivity index (χ1) is 14.1. The molecule has 30 heavy (non-hydrogen) atoms. The Labute approximate surface area is 193 Å². The van der Waals surface area contributed by atoms with Gasteiger partial charge in [0.2, 0.25) is 0 Å². The number of nitrogens with zero attached hydrogens (tertiary/aromatic N) is 1. The fourth-order valence-corrected chi connectivity index (χ4v) is 3.24. The highest BCUT2D eigenvalue weighted by molar-refractivity contribution is 14.0. The van der Waals surface area contributed by atoms with E-state index in [9.17, 15) is 9.50 Å². The van der Waals surface area contributed by atoms with Crippen molar-refractivity contribution in [2.75, 3.05) is 26.7 Å². The SMILES string of the molecule is CCNC(=NCCc1cccc(OC)c1O)NCCc1c[nH]c2ccc(F)cc12.I. The van der Waals surface area contributed by atoms with Crippen LogP contribution in [0, 0.1) is 5.82 Å². The third-order valence-corrected chi connectivity index (χ3v) is 4.71. The second-order valence-corrected chi connectivity index (χ2v) is 6.66. The van der Waals surface area contributed by atoms with E-state index in [1.165, 1.54) is 13.2 Å². The van der Waals surface area contributed by atoms with Gasteiger partial charge < -0.3 is 25.5 Å². The van der Waals surface area contributed by atoms with Gasteiger partial charge in [0.05, 0.1) is 7.11 Å². The molecule has 0 saturated carbocycles. The molecule has 3 rings (SSSR count). The Balaban J connectivity index is 0.00000320. The minimum atomic E-state index is -0.234. The highest BCUT2D eigenvalue weighted by Gasteiger charge is 2.08. The summed E-state index contributed by atoms with van der Waals surface area (Å²) in [6.45, 7) is 3.94. The van der Waals surface area contributed by atoms with E-state index in [0.717, 1.165) is 35.0 Å². The van der Waals surface area contributed by atoms with Crippen molar-refractivity contribution in [3.8, 4) is 11.5 Å². The lowest BCUT2D eigenvalue weighted by molar-refractivity contribution is 0.370.